The first-order valence-corrected chi connectivity index (χ1v) is 11.7. The van der Waals surface area contributed by atoms with E-state index in [1.807, 2.05) is 30.3 Å². The number of urea groups is 1. The maximum Gasteiger partial charge on any atom is 0.323 e. The lowest BCUT2D eigenvalue weighted by atomic mass is 10.0. The number of fused-ring (bicyclic) bond motifs is 1. The van der Waals surface area contributed by atoms with Crippen LogP contribution in [0.15, 0.2) is 36.4 Å². The van der Waals surface area contributed by atoms with Gasteiger partial charge in [0.05, 0.1) is 15.7 Å². The quantitative estimate of drug-likeness (QED) is 0.601. The molecular formula is C24H28Cl2N4O2. The number of ketones is 1. The zero-order valence-electron chi connectivity index (χ0n) is 18.5. The smallest absolute Gasteiger partial charge is 0.323 e. The molecule has 1 saturated heterocycles. The SMILES string of the molecule is CN(C)C(=O)N1CCc2cc(C(=O)CCN3CCN(c4cccc(Cl)c4Cl)CC3)ccc21. The highest BCUT2D eigenvalue weighted by molar-refractivity contribution is 6.43. The summed E-state index contributed by atoms with van der Waals surface area (Å²) < 4.78 is 0. The molecule has 8 heteroatoms. The minimum Gasteiger partial charge on any atom is -0.368 e. The summed E-state index contributed by atoms with van der Waals surface area (Å²) >= 11 is 12.5. The second-order valence-corrected chi connectivity index (χ2v) is 9.28. The van der Waals surface area contributed by atoms with Crippen molar-refractivity contribution in [1.29, 1.82) is 0 Å². The van der Waals surface area contributed by atoms with Crippen LogP contribution in [-0.4, -0.2) is 75.0 Å². The van der Waals surface area contributed by atoms with E-state index >= 15 is 0 Å². The first-order chi connectivity index (χ1) is 15.3. The van der Waals surface area contributed by atoms with Crippen LogP contribution in [0.5, 0.6) is 0 Å². The molecule has 2 aliphatic rings. The highest BCUT2D eigenvalue weighted by atomic mass is 35.5. The van der Waals surface area contributed by atoms with Gasteiger partial charge < -0.3 is 9.80 Å². The Kier molecular flexibility index (Phi) is 6.93. The third-order valence-corrected chi connectivity index (χ3v) is 7.02. The van der Waals surface area contributed by atoms with Gasteiger partial charge in [0, 0.05) is 71.0 Å². The third-order valence-electron chi connectivity index (χ3n) is 6.21. The standard InChI is InChI=1S/C24H28Cl2N4O2/c1-27(2)24(32)30-11-8-17-16-18(6-7-20(17)30)22(31)9-10-28-12-14-29(15-13-28)21-5-3-4-19(25)23(21)26/h3-7,16H,8-15H2,1-2H3. The topological polar surface area (TPSA) is 47.1 Å². The molecule has 1 fully saturated rings. The van der Waals surface area contributed by atoms with E-state index in [9.17, 15) is 9.59 Å². The minimum absolute atomic E-state index is 0.0268. The van der Waals surface area contributed by atoms with E-state index in [-0.39, 0.29) is 11.8 Å². The van der Waals surface area contributed by atoms with Crippen molar-refractivity contribution in [2.45, 2.75) is 12.8 Å². The van der Waals surface area contributed by atoms with Gasteiger partial charge in [-0.15, -0.1) is 0 Å². The van der Waals surface area contributed by atoms with Crippen molar-refractivity contribution in [2.24, 2.45) is 0 Å². The molecule has 2 aromatic carbocycles. The van der Waals surface area contributed by atoms with Crippen molar-refractivity contribution in [2.75, 3.05) is 63.2 Å². The van der Waals surface area contributed by atoms with Crippen LogP contribution in [0.1, 0.15) is 22.3 Å². The molecule has 0 N–H and O–H groups in total. The van der Waals surface area contributed by atoms with E-state index in [1.165, 1.54) is 0 Å². The van der Waals surface area contributed by atoms with Gasteiger partial charge in [-0.3, -0.25) is 14.6 Å². The predicted molar refractivity (Wildman–Crippen MR) is 131 cm³/mol. The first-order valence-electron chi connectivity index (χ1n) is 10.9. The molecule has 0 aromatic heterocycles. The molecule has 170 valence electrons. The average molecular weight is 475 g/mol. The van der Waals surface area contributed by atoms with Crippen molar-refractivity contribution in [3.8, 4) is 0 Å². The summed E-state index contributed by atoms with van der Waals surface area (Å²) in [4.78, 5) is 33.0. The van der Waals surface area contributed by atoms with Gasteiger partial charge in [0.15, 0.2) is 5.78 Å². The lowest BCUT2D eigenvalue weighted by Crippen LogP contribution is -2.47. The van der Waals surface area contributed by atoms with Gasteiger partial charge in [-0.25, -0.2) is 4.79 Å². The number of benzene rings is 2. The average Bonchev–Trinajstić information content (AvgIpc) is 3.22. The molecule has 0 radical (unpaired) electrons. The van der Waals surface area contributed by atoms with E-state index in [4.69, 9.17) is 23.2 Å². The number of nitrogens with zero attached hydrogens (tertiary/aromatic N) is 4. The predicted octanol–water partition coefficient (Wildman–Crippen LogP) is 4.43. The number of amides is 2. The van der Waals surface area contributed by atoms with Gasteiger partial charge in [-0.2, -0.15) is 0 Å². The fourth-order valence-corrected chi connectivity index (χ4v) is 4.78. The van der Waals surface area contributed by atoms with Gasteiger partial charge in [0.2, 0.25) is 0 Å². The van der Waals surface area contributed by atoms with Crippen molar-refractivity contribution in [3.63, 3.8) is 0 Å². The minimum atomic E-state index is -0.0268. The highest BCUT2D eigenvalue weighted by Gasteiger charge is 2.27. The Morgan fingerprint density at radius 1 is 0.969 bits per heavy atom. The summed E-state index contributed by atoms with van der Waals surface area (Å²) in [5.74, 6) is 0.144. The van der Waals surface area contributed by atoms with Crippen LogP contribution in [0.3, 0.4) is 0 Å². The zero-order valence-corrected chi connectivity index (χ0v) is 20.0. The maximum atomic E-state index is 12.8. The Labute approximate surface area is 199 Å². The number of carbonyl (C=O) groups is 2. The summed E-state index contributed by atoms with van der Waals surface area (Å²) in [6.07, 6.45) is 1.26. The Bertz CT molecular complexity index is 1020. The molecule has 2 aliphatic heterocycles. The fraction of sp³-hybridized carbons (Fsp3) is 0.417. The van der Waals surface area contributed by atoms with Crippen LogP contribution >= 0.6 is 23.2 Å². The summed E-state index contributed by atoms with van der Waals surface area (Å²) in [6, 6.07) is 11.4. The number of piperazine rings is 1. The maximum absolute atomic E-state index is 12.8. The fourth-order valence-electron chi connectivity index (χ4n) is 4.37. The molecule has 4 rings (SSSR count). The van der Waals surface area contributed by atoms with Gasteiger partial charge in [-0.1, -0.05) is 29.3 Å². The molecule has 2 heterocycles. The normalized spacial score (nSPS) is 16.2. The van der Waals surface area contributed by atoms with Gasteiger partial charge >= 0.3 is 6.03 Å². The van der Waals surface area contributed by atoms with Crippen molar-refractivity contribution in [1.82, 2.24) is 9.80 Å². The Balaban J connectivity index is 1.31. The summed E-state index contributed by atoms with van der Waals surface area (Å²) in [5, 5.41) is 1.17. The molecule has 32 heavy (non-hydrogen) atoms. The van der Waals surface area contributed by atoms with Crippen LogP contribution in [0, 0.1) is 0 Å². The van der Waals surface area contributed by atoms with Crippen LogP contribution in [0.25, 0.3) is 0 Å². The number of halogens is 2. The van der Waals surface area contributed by atoms with Gasteiger partial charge in [0.25, 0.3) is 0 Å². The summed E-state index contributed by atoms with van der Waals surface area (Å²) in [5.41, 5.74) is 3.68. The van der Waals surface area contributed by atoms with Gasteiger partial charge in [-0.05, 0) is 42.3 Å². The monoisotopic (exact) mass is 474 g/mol. The second kappa shape index (κ2) is 9.69. The Morgan fingerprint density at radius 3 is 2.44 bits per heavy atom. The third kappa shape index (κ3) is 4.72. The van der Waals surface area contributed by atoms with Crippen LogP contribution in [0.4, 0.5) is 16.2 Å². The van der Waals surface area contributed by atoms with E-state index in [2.05, 4.69) is 9.80 Å². The van der Waals surface area contributed by atoms with Crippen molar-refractivity contribution in [3.05, 3.63) is 57.6 Å². The number of anilines is 2. The van der Waals surface area contributed by atoms with E-state index in [0.717, 1.165) is 61.6 Å². The van der Waals surface area contributed by atoms with Crippen LogP contribution in [0.2, 0.25) is 10.0 Å². The number of hydrogen-bond acceptors (Lipinski definition) is 4. The second-order valence-electron chi connectivity index (χ2n) is 8.50. The molecule has 0 atom stereocenters. The lowest BCUT2D eigenvalue weighted by molar-refractivity contribution is 0.0962. The van der Waals surface area contributed by atoms with Crippen molar-refractivity contribution < 1.29 is 9.59 Å². The van der Waals surface area contributed by atoms with Crippen molar-refractivity contribution >= 4 is 46.4 Å². The number of carbonyl (C=O) groups excluding carboxylic acids is 2. The molecule has 6 nitrogen and oxygen atoms in total. The lowest BCUT2D eigenvalue weighted by Gasteiger charge is -2.36. The molecule has 0 unspecified atom stereocenters. The van der Waals surface area contributed by atoms with Crippen LogP contribution in [-0.2, 0) is 6.42 Å². The summed E-state index contributed by atoms with van der Waals surface area (Å²) in [7, 11) is 3.50. The Hall–Kier alpha value is -2.28. The number of rotatable bonds is 5. The molecule has 0 aliphatic carbocycles. The number of Topliss-reactive ketones (excluding diaryl/α,β-unsaturated/α-hetero) is 1. The van der Waals surface area contributed by atoms with E-state index in [1.54, 1.807) is 30.0 Å². The van der Waals surface area contributed by atoms with Crippen LogP contribution < -0.4 is 9.80 Å². The van der Waals surface area contributed by atoms with Gasteiger partial charge in [0.1, 0.15) is 0 Å². The molecule has 0 saturated carbocycles. The van der Waals surface area contributed by atoms with E-state index < -0.39 is 0 Å². The molecular weight excluding hydrogens is 447 g/mol. The highest BCUT2D eigenvalue weighted by Crippen LogP contribution is 2.33. The Morgan fingerprint density at radius 2 is 1.72 bits per heavy atom. The zero-order chi connectivity index (χ0) is 22.8. The molecule has 0 spiro atoms. The molecule has 2 aromatic rings. The largest absolute Gasteiger partial charge is 0.368 e. The number of hydrogen-bond donors (Lipinski definition) is 0. The van der Waals surface area contributed by atoms with E-state index in [0.29, 0.717) is 23.0 Å². The molecule has 0 bridgehead atoms. The molecule has 2 amide bonds. The first kappa shape index (κ1) is 22.9. The summed E-state index contributed by atoms with van der Waals surface area (Å²) in [6.45, 7) is 4.85.